The maximum Gasteiger partial charge on any atom is 0.170 e. The molecule has 136 valence electrons. The van der Waals surface area contributed by atoms with Gasteiger partial charge in [-0.2, -0.15) is 0 Å². The monoisotopic (exact) mass is 344 g/mol. The van der Waals surface area contributed by atoms with Crippen molar-refractivity contribution in [2.45, 2.75) is 53.2 Å². The number of aliphatic hydroxyl groups excluding tert-OH is 1. The number of rotatable bonds is 4. The number of Topliss-reactive ketones (excluding diaryl/α,β-unsaturated/α-hetero) is 1. The van der Waals surface area contributed by atoms with Gasteiger partial charge in [0.1, 0.15) is 5.76 Å². The summed E-state index contributed by atoms with van der Waals surface area (Å²) in [6, 6.07) is 4.12. The molecule has 1 saturated carbocycles. The standard InChI is InChI=1S/C21H28O4/c1-11-6-12(2)17(13(3)7-11)18-19(22)15-8-14(9-16(15)20(18)23)10-25-21(4,5)24/h6-7,14-16,22,24H,8-10H2,1-5H3. The normalized spacial score (nSPS) is 26.5. The Morgan fingerprint density at radius 2 is 1.68 bits per heavy atom. The van der Waals surface area contributed by atoms with Crippen LogP contribution in [0.25, 0.3) is 5.57 Å². The molecular formula is C21H28O4. The zero-order valence-electron chi connectivity index (χ0n) is 15.7. The molecule has 2 aliphatic rings. The topological polar surface area (TPSA) is 66.8 Å². The van der Waals surface area contributed by atoms with Crippen LogP contribution in [0.3, 0.4) is 0 Å². The van der Waals surface area contributed by atoms with Crippen molar-refractivity contribution in [3.05, 3.63) is 40.1 Å². The van der Waals surface area contributed by atoms with E-state index in [0.29, 0.717) is 18.6 Å². The highest BCUT2D eigenvalue weighted by Crippen LogP contribution is 2.50. The minimum Gasteiger partial charge on any atom is -0.511 e. The molecule has 0 heterocycles. The van der Waals surface area contributed by atoms with Crippen LogP contribution < -0.4 is 0 Å². The number of ether oxygens (including phenoxy) is 1. The van der Waals surface area contributed by atoms with Crippen molar-refractivity contribution in [2.24, 2.45) is 17.8 Å². The molecule has 3 rings (SSSR count). The zero-order valence-corrected chi connectivity index (χ0v) is 15.7. The van der Waals surface area contributed by atoms with Gasteiger partial charge in [-0.1, -0.05) is 17.7 Å². The first kappa shape index (κ1) is 18.2. The van der Waals surface area contributed by atoms with E-state index in [4.69, 9.17) is 4.74 Å². The number of allylic oxidation sites excluding steroid dienone is 2. The first-order valence-electron chi connectivity index (χ1n) is 9.00. The van der Waals surface area contributed by atoms with E-state index in [2.05, 4.69) is 12.1 Å². The average molecular weight is 344 g/mol. The van der Waals surface area contributed by atoms with Crippen LogP contribution in [0.1, 0.15) is 48.9 Å². The molecule has 4 heteroatoms. The van der Waals surface area contributed by atoms with E-state index in [0.717, 1.165) is 28.7 Å². The van der Waals surface area contributed by atoms with Crippen molar-refractivity contribution < 1.29 is 19.7 Å². The molecule has 0 spiro atoms. The summed E-state index contributed by atoms with van der Waals surface area (Å²) in [4.78, 5) is 13.0. The SMILES string of the molecule is Cc1cc(C)c(C2=C(O)C3CC(COC(C)(C)O)CC3C2=O)c(C)c1. The third kappa shape index (κ3) is 3.38. The van der Waals surface area contributed by atoms with Gasteiger partial charge in [0.2, 0.25) is 0 Å². The Morgan fingerprint density at radius 3 is 2.20 bits per heavy atom. The molecule has 1 aromatic rings. The van der Waals surface area contributed by atoms with Crippen LogP contribution in [0, 0.1) is 38.5 Å². The predicted octanol–water partition coefficient (Wildman–Crippen LogP) is 3.85. The van der Waals surface area contributed by atoms with Crippen molar-refractivity contribution in [1.29, 1.82) is 0 Å². The summed E-state index contributed by atoms with van der Waals surface area (Å²) in [5.41, 5.74) is 4.65. The Hall–Kier alpha value is -1.65. The fourth-order valence-corrected chi connectivity index (χ4v) is 4.52. The van der Waals surface area contributed by atoms with Crippen LogP contribution in [0.5, 0.6) is 0 Å². The number of hydrogen-bond donors (Lipinski definition) is 2. The second kappa shape index (κ2) is 6.26. The minimum absolute atomic E-state index is 0.0586. The van der Waals surface area contributed by atoms with Gasteiger partial charge in [-0.15, -0.1) is 0 Å². The van der Waals surface area contributed by atoms with Crippen LogP contribution >= 0.6 is 0 Å². The second-order valence-corrected chi connectivity index (χ2v) is 8.21. The molecule has 3 atom stereocenters. The van der Waals surface area contributed by atoms with E-state index >= 15 is 0 Å². The molecule has 4 nitrogen and oxygen atoms in total. The first-order valence-corrected chi connectivity index (χ1v) is 9.00. The van der Waals surface area contributed by atoms with Crippen molar-refractivity contribution >= 4 is 11.4 Å². The molecule has 1 aromatic carbocycles. The number of aliphatic hydroxyl groups is 2. The smallest absolute Gasteiger partial charge is 0.170 e. The molecule has 3 unspecified atom stereocenters. The first-order chi connectivity index (χ1) is 11.6. The highest BCUT2D eigenvalue weighted by Gasteiger charge is 2.49. The predicted molar refractivity (Wildman–Crippen MR) is 97.2 cm³/mol. The van der Waals surface area contributed by atoms with Crippen molar-refractivity contribution in [3.63, 3.8) is 0 Å². The minimum atomic E-state index is -1.17. The summed E-state index contributed by atoms with van der Waals surface area (Å²) in [7, 11) is 0. The number of fused-ring (bicyclic) bond motifs is 1. The van der Waals surface area contributed by atoms with E-state index in [1.165, 1.54) is 0 Å². The molecule has 1 fully saturated rings. The fourth-order valence-electron chi connectivity index (χ4n) is 4.52. The van der Waals surface area contributed by atoms with Gasteiger partial charge in [-0.25, -0.2) is 0 Å². The van der Waals surface area contributed by atoms with E-state index in [-0.39, 0.29) is 29.3 Å². The van der Waals surface area contributed by atoms with Crippen molar-refractivity contribution in [2.75, 3.05) is 6.61 Å². The molecule has 0 saturated heterocycles. The fraction of sp³-hybridized carbons (Fsp3) is 0.571. The Kier molecular flexibility index (Phi) is 4.54. The lowest BCUT2D eigenvalue weighted by molar-refractivity contribution is -0.183. The third-order valence-corrected chi connectivity index (χ3v) is 5.45. The number of carbonyl (C=O) groups is 1. The molecule has 25 heavy (non-hydrogen) atoms. The summed E-state index contributed by atoms with van der Waals surface area (Å²) < 4.78 is 5.46. The Bertz CT molecular complexity index is 716. The largest absolute Gasteiger partial charge is 0.511 e. The second-order valence-electron chi connectivity index (χ2n) is 8.21. The van der Waals surface area contributed by atoms with Crippen LogP contribution in [-0.2, 0) is 9.53 Å². The summed E-state index contributed by atoms with van der Waals surface area (Å²) in [5.74, 6) is -0.946. The lowest BCUT2D eigenvalue weighted by Crippen LogP contribution is -2.26. The van der Waals surface area contributed by atoms with Gasteiger partial charge in [0.25, 0.3) is 0 Å². The van der Waals surface area contributed by atoms with Crippen LogP contribution in [0.4, 0.5) is 0 Å². The lowest BCUT2D eigenvalue weighted by atomic mass is 9.90. The Labute approximate surface area is 149 Å². The molecule has 0 bridgehead atoms. The van der Waals surface area contributed by atoms with Gasteiger partial charge in [0.15, 0.2) is 11.6 Å². The van der Waals surface area contributed by atoms with Crippen molar-refractivity contribution in [3.8, 4) is 0 Å². The summed E-state index contributed by atoms with van der Waals surface area (Å²) in [6.45, 7) is 9.65. The highest BCUT2D eigenvalue weighted by atomic mass is 16.6. The molecular weight excluding hydrogens is 316 g/mol. The number of aryl methyl sites for hydroxylation is 3. The lowest BCUT2D eigenvalue weighted by Gasteiger charge is -2.21. The number of ketones is 1. The molecule has 0 aliphatic heterocycles. The highest BCUT2D eigenvalue weighted by molar-refractivity contribution is 6.25. The maximum absolute atomic E-state index is 13.0. The molecule has 0 amide bonds. The molecule has 0 radical (unpaired) electrons. The van der Waals surface area contributed by atoms with Crippen molar-refractivity contribution in [1.82, 2.24) is 0 Å². The van der Waals surface area contributed by atoms with Crippen LogP contribution in [0.2, 0.25) is 0 Å². The summed E-state index contributed by atoms with van der Waals surface area (Å²) in [5, 5.41) is 20.5. The zero-order chi connectivity index (χ0) is 18.5. The summed E-state index contributed by atoms with van der Waals surface area (Å²) >= 11 is 0. The van der Waals surface area contributed by atoms with Gasteiger partial charge < -0.3 is 14.9 Å². The number of hydrogen-bond acceptors (Lipinski definition) is 4. The molecule has 0 aromatic heterocycles. The quantitative estimate of drug-likeness (QED) is 0.814. The van der Waals surface area contributed by atoms with E-state index < -0.39 is 5.79 Å². The average Bonchev–Trinajstić information content (AvgIpc) is 2.98. The van der Waals surface area contributed by atoms with Crippen LogP contribution in [0.15, 0.2) is 17.9 Å². The Morgan fingerprint density at radius 1 is 1.12 bits per heavy atom. The van der Waals surface area contributed by atoms with Gasteiger partial charge >= 0.3 is 0 Å². The van der Waals surface area contributed by atoms with Gasteiger partial charge in [0.05, 0.1) is 12.2 Å². The van der Waals surface area contributed by atoms with E-state index in [1.807, 2.05) is 20.8 Å². The maximum atomic E-state index is 13.0. The number of benzene rings is 1. The van der Waals surface area contributed by atoms with E-state index in [1.54, 1.807) is 13.8 Å². The molecule has 2 N–H and O–H groups in total. The van der Waals surface area contributed by atoms with Gasteiger partial charge in [-0.3, -0.25) is 4.79 Å². The number of carbonyl (C=O) groups excluding carboxylic acids is 1. The third-order valence-electron chi connectivity index (χ3n) is 5.45. The van der Waals surface area contributed by atoms with Crippen LogP contribution in [-0.4, -0.2) is 28.4 Å². The van der Waals surface area contributed by atoms with Gasteiger partial charge in [0, 0.05) is 11.8 Å². The van der Waals surface area contributed by atoms with E-state index in [9.17, 15) is 15.0 Å². The molecule has 2 aliphatic carbocycles. The van der Waals surface area contributed by atoms with Gasteiger partial charge in [-0.05, 0) is 70.1 Å². The Balaban J connectivity index is 1.86. The summed E-state index contributed by atoms with van der Waals surface area (Å²) in [6.07, 6.45) is 1.43.